The van der Waals surface area contributed by atoms with E-state index in [0.717, 1.165) is 5.56 Å². The third-order valence-corrected chi connectivity index (χ3v) is 6.77. The first-order valence-electron chi connectivity index (χ1n) is 9.30. The fraction of sp³-hybridized carbons (Fsp3) is 0.0909. The maximum Gasteiger partial charge on any atom is 0.263 e. The summed E-state index contributed by atoms with van der Waals surface area (Å²) in [6.45, 7) is 1.83. The number of rotatable bonds is 5. The first kappa shape index (κ1) is 21.4. The molecule has 0 radical (unpaired) electrons. The van der Waals surface area contributed by atoms with Crippen molar-refractivity contribution in [2.75, 3.05) is 16.7 Å². The Balaban J connectivity index is 1.84. The second-order valence-electron chi connectivity index (χ2n) is 6.96. The number of halogens is 2. The molecule has 0 bridgehead atoms. The Morgan fingerprint density at radius 2 is 1.58 bits per heavy atom. The van der Waals surface area contributed by atoms with Crippen LogP contribution in [0.25, 0.3) is 11.0 Å². The van der Waals surface area contributed by atoms with Gasteiger partial charge in [-0.2, -0.15) is 0 Å². The number of hydrogen-bond donors (Lipinski definition) is 1. The van der Waals surface area contributed by atoms with Crippen molar-refractivity contribution in [3.8, 4) is 0 Å². The summed E-state index contributed by atoms with van der Waals surface area (Å²) in [6.07, 6.45) is 0. The first-order valence-corrected chi connectivity index (χ1v) is 11.5. The zero-order chi connectivity index (χ0) is 22.2. The van der Waals surface area contributed by atoms with Crippen molar-refractivity contribution in [3.05, 3.63) is 82.3 Å². The number of fused-ring (bicyclic) bond motifs is 1. The molecule has 1 N–H and O–H groups in total. The lowest BCUT2D eigenvalue weighted by Crippen LogP contribution is -2.19. The highest BCUT2D eigenvalue weighted by molar-refractivity contribution is 7.92. The zero-order valence-electron chi connectivity index (χ0n) is 16.7. The molecule has 0 spiro atoms. The molecule has 0 aliphatic heterocycles. The van der Waals surface area contributed by atoms with Gasteiger partial charge in [0.15, 0.2) is 11.6 Å². The lowest BCUT2D eigenvalue weighted by atomic mass is 10.2. The number of aryl methyl sites for hydroxylation is 1. The van der Waals surface area contributed by atoms with Gasteiger partial charge in [-0.1, -0.05) is 47.5 Å². The fourth-order valence-corrected chi connectivity index (χ4v) is 4.48. The van der Waals surface area contributed by atoms with Gasteiger partial charge in [-0.05, 0) is 55.0 Å². The van der Waals surface area contributed by atoms with E-state index in [-0.39, 0.29) is 10.7 Å². The SMILES string of the molecule is Cc1cccc(S(=O)(=O)Nc2nc3ccccc3nc2N(C)c2ccc(Cl)c(Cl)c2)c1. The Hall–Kier alpha value is -2.87. The maximum absolute atomic E-state index is 13.1. The van der Waals surface area contributed by atoms with Gasteiger partial charge in [-0.15, -0.1) is 0 Å². The van der Waals surface area contributed by atoms with Crippen LogP contribution < -0.4 is 9.62 Å². The molecule has 0 aliphatic carbocycles. The van der Waals surface area contributed by atoms with Gasteiger partial charge in [-0.3, -0.25) is 4.72 Å². The maximum atomic E-state index is 13.1. The van der Waals surface area contributed by atoms with Gasteiger partial charge in [0.2, 0.25) is 0 Å². The van der Waals surface area contributed by atoms with Crippen molar-refractivity contribution >= 4 is 61.6 Å². The van der Waals surface area contributed by atoms with Gasteiger partial charge >= 0.3 is 0 Å². The highest BCUT2D eigenvalue weighted by atomic mass is 35.5. The van der Waals surface area contributed by atoms with Crippen LogP contribution in [-0.2, 0) is 10.0 Å². The standard InChI is InChI=1S/C22H18Cl2N4O2S/c1-14-6-5-7-16(12-14)31(29,30)27-21-22(26-20-9-4-3-8-19(20)25-21)28(2)15-10-11-17(23)18(24)13-15/h3-13H,1-2H3,(H,25,27). The number of hydrogen-bond acceptors (Lipinski definition) is 5. The van der Waals surface area contributed by atoms with Crippen molar-refractivity contribution in [1.82, 2.24) is 9.97 Å². The quantitative estimate of drug-likeness (QED) is 0.396. The van der Waals surface area contributed by atoms with Crippen molar-refractivity contribution in [3.63, 3.8) is 0 Å². The summed E-state index contributed by atoms with van der Waals surface area (Å²) in [4.78, 5) is 11.0. The second-order valence-corrected chi connectivity index (χ2v) is 9.46. The van der Waals surface area contributed by atoms with E-state index in [2.05, 4.69) is 14.7 Å². The number of sulfonamides is 1. The van der Waals surface area contributed by atoms with Crippen molar-refractivity contribution in [1.29, 1.82) is 0 Å². The minimum absolute atomic E-state index is 0.105. The number of benzene rings is 3. The highest BCUT2D eigenvalue weighted by Gasteiger charge is 2.21. The van der Waals surface area contributed by atoms with Crippen LogP contribution in [0.1, 0.15) is 5.56 Å². The van der Waals surface area contributed by atoms with E-state index >= 15 is 0 Å². The predicted octanol–water partition coefficient (Wildman–Crippen LogP) is 5.81. The number of aromatic nitrogens is 2. The van der Waals surface area contributed by atoms with Crippen LogP contribution in [0.3, 0.4) is 0 Å². The number of para-hydroxylation sites is 2. The van der Waals surface area contributed by atoms with Crippen LogP contribution in [0.4, 0.5) is 17.3 Å². The smallest absolute Gasteiger partial charge is 0.263 e. The molecule has 0 amide bonds. The molecule has 4 aromatic rings. The highest BCUT2D eigenvalue weighted by Crippen LogP contribution is 2.34. The summed E-state index contributed by atoms with van der Waals surface area (Å²) >= 11 is 12.2. The molecule has 1 aromatic heterocycles. The number of nitrogens with one attached hydrogen (secondary N) is 1. The molecule has 0 aliphatic rings. The molecule has 3 aromatic carbocycles. The van der Waals surface area contributed by atoms with Crippen molar-refractivity contribution in [2.24, 2.45) is 0 Å². The van der Waals surface area contributed by atoms with Gasteiger partial charge in [0.05, 0.1) is 26.0 Å². The van der Waals surface area contributed by atoms with E-state index < -0.39 is 10.0 Å². The topological polar surface area (TPSA) is 75.2 Å². The zero-order valence-corrected chi connectivity index (χ0v) is 19.0. The minimum atomic E-state index is -3.88. The number of anilines is 3. The van der Waals surface area contributed by atoms with Crippen LogP contribution in [-0.4, -0.2) is 25.4 Å². The Morgan fingerprint density at radius 1 is 0.871 bits per heavy atom. The monoisotopic (exact) mass is 472 g/mol. The average molecular weight is 473 g/mol. The summed E-state index contributed by atoms with van der Waals surface area (Å²) in [7, 11) is -2.13. The summed E-state index contributed by atoms with van der Waals surface area (Å²) in [5.41, 5.74) is 2.70. The molecule has 1 heterocycles. The Morgan fingerprint density at radius 3 is 2.26 bits per heavy atom. The molecular formula is C22H18Cl2N4O2S. The minimum Gasteiger partial charge on any atom is -0.326 e. The molecule has 0 saturated heterocycles. The molecule has 0 unspecified atom stereocenters. The fourth-order valence-electron chi connectivity index (χ4n) is 3.08. The third-order valence-electron chi connectivity index (χ3n) is 4.69. The van der Waals surface area contributed by atoms with E-state index in [0.29, 0.717) is 32.6 Å². The van der Waals surface area contributed by atoms with E-state index in [4.69, 9.17) is 23.2 Å². The molecule has 158 valence electrons. The predicted molar refractivity (Wildman–Crippen MR) is 126 cm³/mol. The lowest BCUT2D eigenvalue weighted by molar-refractivity contribution is 0.601. The normalized spacial score (nSPS) is 11.5. The van der Waals surface area contributed by atoms with Gasteiger partial charge in [0.1, 0.15) is 0 Å². The van der Waals surface area contributed by atoms with Gasteiger partial charge < -0.3 is 4.90 Å². The summed E-state index contributed by atoms with van der Waals surface area (Å²) < 4.78 is 28.7. The van der Waals surface area contributed by atoms with Crippen molar-refractivity contribution in [2.45, 2.75) is 11.8 Å². The molecule has 0 saturated carbocycles. The van der Waals surface area contributed by atoms with E-state index in [9.17, 15) is 8.42 Å². The van der Waals surface area contributed by atoms with Gasteiger partial charge in [0.25, 0.3) is 10.0 Å². The Kier molecular flexibility index (Phi) is 5.75. The molecule has 31 heavy (non-hydrogen) atoms. The van der Waals surface area contributed by atoms with E-state index in [1.54, 1.807) is 48.3 Å². The largest absolute Gasteiger partial charge is 0.326 e. The summed E-state index contributed by atoms with van der Waals surface area (Å²) in [6, 6.07) is 19.0. The summed E-state index contributed by atoms with van der Waals surface area (Å²) in [5.74, 6) is 0.432. The molecule has 9 heteroatoms. The molecular weight excluding hydrogens is 455 g/mol. The van der Waals surface area contributed by atoms with E-state index in [1.165, 1.54) is 6.07 Å². The Bertz CT molecular complexity index is 1390. The molecule has 4 rings (SSSR count). The number of nitrogens with zero attached hydrogens (tertiary/aromatic N) is 3. The Labute approximate surface area is 190 Å². The average Bonchev–Trinajstić information content (AvgIpc) is 2.74. The first-order chi connectivity index (χ1) is 14.7. The van der Waals surface area contributed by atoms with Crippen molar-refractivity contribution < 1.29 is 8.42 Å². The van der Waals surface area contributed by atoms with Crippen LogP contribution >= 0.6 is 23.2 Å². The third kappa shape index (κ3) is 4.44. The van der Waals surface area contributed by atoms with Crippen LogP contribution in [0.15, 0.2) is 71.6 Å². The van der Waals surface area contributed by atoms with Gasteiger partial charge in [0, 0.05) is 12.7 Å². The van der Waals surface area contributed by atoms with Crippen LogP contribution in [0.5, 0.6) is 0 Å². The summed E-state index contributed by atoms with van der Waals surface area (Å²) in [5, 5.41) is 0.797. The molecule has 0 fully saturated rings. The van der Waals surface area contributed by atoms with Crippen LogP contribution in [0.2, 0.25) is 10.0 Å². The van der Waals surface area contributed by atoms with E-state index in [1.807, 2.05) is 31.2 Å². The molecule has 6 nitrogen and oxygen atoms in total. The molecule has 0 atom stereocenters. The lowest BCUT2D eigenvalue weighted by Gasteiger charge is -2.22. The second kappa shape index (κ2) is 8.34. The van der Waals surface area contributed by atoms with Crippen LogP contribution in [0, 0.1) is 6.92 Å². The van der Waals surface area contributed by atoms with Gasteiger partial charge in [-0.25, -0.2) is 18.4 Å².